The lowest BCUT2D eigenvalue weighted by molar-refractivity contribution is -0.137. The molecule has 1 fully saturated rings. The van der Waals surface area contributed by atoms with E-state index < -0.39 is 26.5 Å². The lowest BCUT2D eigenvalue weighted by Gasteiger charge is -2.31. The average Bonchev–Trinajstić information content (AvgIpc) is 2.55. The van der Waals surface area contributed by atoms with Gasteiger partial charge in [0.25, 0.3) is 0 Å². The van der Waals surface area contributed by atoms with Gasteiger partial charge in [-0.15, -0.1) is 0 Å². The second-order valence-corrected chi connectivity index (χ2v) is 10.7. The van der Waals surface area contributed by atoms with Gasteiger partial charge in [0.1, 0.15) is 0 Å². The number of nitrogens with one attached hydrogen (secondary N) is 2. The fourth-order valence-electron chi connectivity index (χ4n) is 3.11. The first-order chi connectivity index (χ1) is 12.4. The van der Waals surface area contributed by atoms with Crippen LogP contribution in [0, 0.1) is 5.92 Å². The molecular formula is C19H29F3N2O2S. The van der Waals surface area contributed by atoms with E-state index in [1.165, 1.54) is 12.1 Å². The number of alkyl halides is 3. The summed E-state index contributed by atoms with van der Waals surface area (Å²) < 4.78 is 64.1. The van der Waals surface area contributed by atoms with Gasteiger partial charge in [0, 0.05) is 12.6 Å². The summed E-state index contributed by atoms with van der Waals surface area (Å²) in [5, 5.41) is 3.30. The molecule has 0 saturated heterocycles. The number of benzene rings is 1. The van der Waals surface area contributed by atoms with Gasteiger partial charge >= 0.3 is 6.18 Å². The predicted molar refractivity (Wildman–Crippen MR) is 101 cm³/mol. The van der Waals surface area contributed by atoms with E-state index in [0.717, 1.165) is 49.9 Å². The third-order valence-corrected chi connectivity index (χ3v) is 7.27. The Morgan fingerprint density at radius 2 is 1.56 bits per heavy atom. The van der Waals surface area contributed by atoms with E-state index in [1.807, 2.05) is 0 Å². The van der Waals surface area contributed by atoms with Crippen LogP contribution in [0.2, 0.25) is 0 Å². The number of sulfonamides is 1. The van der Waals surface area contributed by atoms with Crippen molar-refractivity contribution < 1.29 is 21.6 Å². The van der Waals surface area contributed by atoms with Gasteiger partial charge in [0.05, 0.1) is 10.3 Å². The van der Waals surface area contributed by atoms with Gasteiger partial charge in [0.15, 0.2) is 0 Å². The molecule has 0 spiro atoms. The summed E-state index contributed by atoms with van der Waals surface area (Å²) in [6.07, 6.45) is -0.836. The van der Waals surface area contributed by atoms with Crippen molar-refractivity contribution in [2.24, 2.45) is 5.92 Å². The van der Waals surface area contributed by atoms with E-state index in [9.17, 15) is 21.6 Å². The monoisotopic (exact) mass is 406 g/mol. The molecule has 27 heavy (non-hydrogen) atoms. The molecule has 1 aliphatic carbocycles. The van der Waals surface area contributed by atoms with Crippen LogP contribution in [0.3, 0.4) is 0 Å². The molecule has 154 valence electrons. The normalized spacial score (nSPS) is 22.0. The minimum atomic E-state index is -4.31. The Morgan fingerprint density at radius 3 is 2.04 bits per heavy atom. The quantitative estimate of drug-likeness (QED) is 0.749. The summed E-state index contributed by atoms with van der Waals surface area (Å²) in [6.45, 7) is 6.36. The maximum Gasteiger partial charge on any atom is 0.416 e. The highest BCUT2D eigenvalue weighted by Crippen LogP contribution is 2.29. The largest absolute Gasteiger partial charge is 0.416 e. The van der Waals surface area contributed by atoms with Crippen LogP contribution in [0.4, 0.5) is 13.2 Å². The Kier molecular flexibility index (Phi) is 6.97. The Morgan fingerprint density at radius 1 is 1.00 bits per heavy atom. The summed E-state index contributed by atoms with van der Waals surface area (Å²) >= 11 is 0. The van der Waals surface area contributed by atoms with Crippen molar-refractivity contribution in [3.05, 3.63) is 35.4 Å². The van der Waals surface area contributed by atoms with Gasteiger partial charge in [-0.25, -0.2) is 13.1 Å². The molecule has 0 aromatic heterocycles. The molecule has 0 bridgehead atoms. The number of halogens is 3. The molecule has 1 saturated carbocycles. The van der Waals surface area contributed by atoms with E-state index >= 15 is 0 Å². The van der Waals surface area contributed by atoms with E-state index in [0.29, 0.717) is 12.5 Å². The van der Waals surface area contributed by atoms with Crippen LogP contribution in [0.15, 0.2) is 24.3 Å². The number of rotatable bonds is 6. The van der Waals surface area contributed by atoms with Crippen LogP contribution in [0.5, 0.6) is 0 Å². The minimum absolute atomic E-state index is 0.0135. The first-order valence-electron chi connectivity index (χ1n) is 9.27. The zero-order valence-electron chi connectivity index (χ0n) is 16.1. The van der Waals surface area contributed by atoms with Gasteiger partial charge < -0.3 is 5.32 Å². The molecule has 0 amide bonds. The zero-order chi connectivity index (χ0) is 20.3. The van der Waals surface area contributed by atoms with E-state index in [2.05, 4.69) is 10.0 Å². The average molecular weight is 407 g/mol. The fraction of sp³-hybridized carbons (Fsp3) is 0.684. The fourth-order valence-corrected chi connectivity index (χ4v) is 4.14. The molecule has 1 aromatic carbocycles. The van der Waals surface area contributed by atoms with Crippen molar-refractivity contribution in [2.75, 3.05) is 6.54 Å². The van der Waals surface area contributed by atoms with E-state index in [-0.39, 0.29) is 6.04 Å². The van der Waals surface area contributed by atoms with Gasteiger partial charge in [-0.2, -0.15) is 13.2 Å². The lowest BCUT2D eigenvalue weighted by Crippen LogP contribution is -2.46. The molecule has 1 aliphatic rings. The second-order valence-electron chi connectivity index (χ2n) is 8.28. The van der Waals surface area contributed by atoms with Crippen LogP contribution in [0.1, 0.15) is 57.6 Å². The SMILES string of the molecule is CC(C)(C)S(=O)(=O)NC1CCC(CNCc2ccc(C(F)(F)F)cc2)CC1. The summed E-state index contributed by atoms with van der Waals surface area (Å²) in [6, 6.07) is 5.18. The number of hydrogen-bond acceptors (Lipinski definition) is 3. The molecule has 4 nitrogen and oxygen atoms in total. The maximum absolute atomic E-state index is 12.6. The second kappa shape index (κ2) is 8.49. The smallest absolute Gasteiger partial charge is 0.312 e. The van der Waals surface area contributed by atoms with Crippen LogP contribution >= 0.6 is 0 Å². The highest BCUT2D eigenvalue weighted by molar-refractivity contribution is 7.90. The topological polar surface area (TPSA) is 58.2 Å². The maximum atomic E-state index is 12.6. The minimum Gasteiger partial charge on any atom is -0.312 e. The molecule has 8 heteroatoms. The summed E-state index contributed by atoms with van der Waals surface area (Å²) in [7, 11) is -3.33. The van der Waals surface area contributed by atoms with Crippen LogP contribution in [-0.2, 0) is 22.7 Å². The summed E-state index contributed by atoms with van der Waals surface area (Å²) in [5.41, 5.74) is 0.178. The molecule has 0 aliphatic heterocycles. The Balaban J connectivity index is 1.72. The molecule has 2 N–H and O–H groups in total. The summed E-state index contributed by atoms with van der Waals surface area (Å²) in [5.74, 6) is 0.454. The molecule has 0 unspecified atom stereocenters. The Hall–Kier alpha value is -1.12. The molecule has 0 radical (unpaired) electrons. The van der Waals surface area contributed by atoms with Crippen molar-refractivity contribution in [3.8, 4) is 0 Å². The molecule has 0 heterocycles. The standard InChI is InChI=1S/C19H29F3N2O2S/c1-18(2,3)27(25,26)24-17-10-6-15(7-11-17)13-23-12-14-4-8-16(9-5-14)19(20,21)22/h4-5,8-9,15,17,23-24H,6-7,10-13H2,1-3H3. The predicted octanol–water partition coefficient (Wildman–Crippen LogP) is 4.07. The number of hydrogen-bond donors (Lipinski definition) is 2. The van der Waals surface area contributed by atoms with Crippen molar-refractivity contribution in [1.82, 2.24) is 10.0 Å². The van der Waals surface area contributed by atoms with Crippen LogP contribution in [-0.4, -0.2) is 25.8 Å². The molecule has 1 aromatic rings. The third-order valence-electron chi connectivity index (χ3n) is 5.02. The van der Waals surface area contributed by atoms with Gasteiger partial charge in [-0.05, 0) is 76.6 Å². The van der Waals surface area contributed by atoms with E-state index in [1.54, 1.807) is 20.8 Å². The Bertz CT molecular complexity index is 702. The summed E-state index contributed by atoms with van der Waals surface area (Å²) in [4.78, 5) is 0. The first-order valence-corrected chi connectivity index (χ1v) is 10.8. The van der Waals surface area contributed by atoms with E-state index in [4.69, 9.17) is 0 Å². The first kappa shape index (κ1) is 22.2. The van der Waals surface area contributed by atoms with Crippen molar-refractivity contribution in [3.63, 3.8) is 0 Å². The zero-order valence-corrected chi connectivity index (χ0v) is 16.9. The highest BCUT2D eigenvalue weighted by atomic mass is 32.2. The highest BCUT2D eigenvalue weighted by Gasteiger charge is 2.33. The lowest BCUT2D eigenvalue weighted by atomic mass is 9.86. The van der Waals surface area contributed by atoms with Gasteiger partial charge in [0.2, 0.25) is 10.0 Å². The van der Waals surface area contributed by atoms with Gasteiger partial charge in [-0.1, -0.05) is 12.1 Å². The van der Waals surface area contributed by atoms with Crippen molar-refractivity contribution in [2.45, 2.75) is 70.0 Å². The van der Waals surface area contributed by atoms with Crippen LogP contribution in [0.25, 0.3) is 0 Å². The van der Waals surface area contributed by atoms with Gasteiger partial charge in [-0.3, -0.25) is 0 Å². The third kappa shape index (κ3) is 6.47. The van der Waals surface area contributed by atoms with Crippen molar-refractivity contribution in [1.29, 1.82) is 0 Å². The molecule has 0 atom stereocenters. The Labute approximate surface area is 160 Å². The molecule has 2 rings (SSSR count). The molecular weight excluding hydrogens is 377 g/mol. The van der Waals surface area contributed by atoms with Crippen LogP contribution < -0.4 is 10.0 Å². The van der Waals surface area contributed by atoms with Crippen molar-refractivity contribution >= 4 is 10.0 Å².